The number of carbonyl (C=O) groups is 4. The minimum Gasteiger partial charge on any atom is -0.369 e. The van der Waals surface area contributed by atoms with Crippen LogP contribution in [0.5, 0.6) is 0 Å². The lowest BCUT2D eigenvalue weighted by Crippen LogP contribution is -2.54. The van der Waals surface area contributed by atoms with Gasteiger partial charge in [0.1, 0.15) is 16.9 Å². The number of nitrogens with one attached hydrogen (secondary N) is 3. The lowest BCUT2D eigenvalue weighted by molar-refractivity contribution is -0.136. The Hall–Kier alpha value is -5.69. The van der Waals surface area contributed by atoms with Crippen LogP contribution in [0.2, 0.25) is 5.02 Å². The molecular weight excluding hydrogens is 815 g/mol. The summed E-state index contributed by atoms with van der Waals surface area (Å²) in [4.78, 5) is 67.0. The Kier molecular flexibility index (Phi) is 11.5. The lowest BCUT2D eigenvalue weighted by Gasteiger charge is -2.43. The molecular formula is C41H44ClFN10O6S. The van der Waals surface area contributed by atoms with Crippen molar-refractivity contribution < 1.29 is 32.0 Å². The van der Waals surface area contributed by atoms with Crippen molar-refractivity contribution >= 4 is 79.8 Å². The van der Waals surface area contributed by atoms with E-state index in [1.165, 1.54) is 19.3 Å². The van der Waals surface area contributed by atoms with Crippen LogP contribution >= 0.6 is 11.6 Å². The second-order valence-corrected chi connectivity index (χ2v) is 17.8. The van der Waals surface area contributed by atoms with Crippen LogP contribution in [0, 0.1) is 5.82 Å². The van der Waals surface area contributed by atoms with Crippen molar-refractivity contribution in [3.05, 3.63) is 94.4 Å². The van der Waals surface area contributed by atoms with Gasteiger partial charge in [0.2, 0.25) is 27.8 Å². The second kappa shape index (κ2) is 16.8. The number of piperazine rings is 1. The fourth-order valence-electron chi connectivity index (χ4n) is 8.28. The number of para-hydroxylation sites is 2. The van der Waals surface area contributed by atoms with Crippen LogP contribution in [0.25, 0.3) is 0 Å². The summed E-state index contributed by atoms with van der Waals surface area (Å²) in [6.45, 7) is 5.44. The molecule has 1 aromatic heterocycles. The van der Waals surface area contributed by atoms with E-state index in [0.29, 0.717) is 48.4 Å². The summed E-state index contributed by atoms with van der Waals surface area (Å²) in [6, 6.07) is 16.4. The Morgan fingerprint density at radius 3 is 2.35 bits per heavy atom. The van der Waals surface area contributed by atoms with Crippen LogP contribution in [-0.2, 0) is 26.2 Å². The van der Waals surface area contributed by atoms with E-state index in [1.54, 1.807) is 48.5 Å². The molecule has 8 rings (SSSR count). The van der Waals surface area contributed by atoms with Gasteiger partial charge in [-0.2, -0.15) is 4.98 Å². The highest BCUT2D eigenvalue weighted by atomic mass is 35.5. The number of fused-ring (bicyclic) bond motifs is 1. The highest BCUT2D eigenvalue weighted by molar-refractivity contribution is 7.92. The predicted octanol–water partition coefficient (Wildman–Crippen LogP) is 4.34. The second-order valence-electron chi connectivity index (χ2n) is 15.4. The Balaban J connectivity index is 0.824. The normalized spacial score (nSPS) is 19.4. The molecule has 4 aromatic rings. The monoisotopic (exact) mass is 858 g/mol. The number of nitrogens with zero attached hydrogens (tertiary/aromatic N) is 7. The average molecular weight is 859 g/mol. The van der Waals surface area contributed by atoms with Crippen molar-refractivity contribution in [3.8, 4) is 0 Å². The van der Waals surface area contributed by atoms with Gasteiger partial charge in [0.25, 0.3) is 11.8 Å². The molecule has 3 aromatic carbocycles. The minimum absolute atomic E-state index is 0.0744. The fraction of sp³-hybridized carbons (Fsp3) is 0.366. The van der Waals surface area contributed by atoms with Gasteiger partial charge in [-0.15, -0.1) is 0 Å². The third-order valence-electron chi connectivity index (χ3n) is 11.6. The van der Waals surface area contributed by atoms with E-state index < -0.39 is 39.7 Å². The molecule has 0 radical (unpaired) electrons. The van der Waals surface area contributed by atoms with Crippen molar-refractivity contribution in [1.29, 1.82) is 0 Å². The summed E-state index contributed by atoms with van der Waals surface area (Å²) in [6.07, 6.45) is 4.49. The Morgan fingerprint density at radius 2 is 1.63 bits per heavy atom. The third-order valence-corrected chi connectivity index (χ3v) is 13.0. The smallest absolute Gasteiger partial charge is 0.262 e. The van der Waals surface area contributed by atoms with Crippen LogP contribution in [0.3, 0.4) is 0 Å². The highest BCUT2D eigenvalue weighted by Gasteiger charge is 2.44. The Labute approximate surface area is 351 Å². The largest absolute Gasteiger partial charge is 0.369 e. The van der Waals surface area contributed by atoms with Gasteiger partial charge in [-0.3, -0.25) is 43.5 Å². The number of sulfonamides is 1. The zero-order valence-electron chi connectivity index (χ0n) is 33.0. The highest BCUT2D eigenvalue weighted by Crippen LogP contribution is 2.34. The zero-order valence-corrected chi connectivity index (χ0v) is 34.6. The van der Waals surface area contributed by atoms with Crippen molar-refractivity contribution in [2.45, 2.75) is 44.3 Å². The van der Waals surface area contributed by atoms with E-state index in [1.807, 2.05) is 6.07 Å². The summed E-state index contributed by atoms with van der Waals surface area (Å²) in [5.74, 6) is -2.02. The first-order valence-electron chi connectivity index (χ1n) is 19.7. The molecule has 19 heteroatoms. The van der Waals surface area contributed by atoms with E-state index >= 15 is 4.39 Å². The van der Waals surface area contributed by atoms with Gasteiger partial charge < -0.3 is 15.5 Å². The molecule has 1 atom stereocenters. The Bertz CT molecular complexity index is 2480. The molecule has 0 bridgehead atoms. The van der Waals surface area contributed by atoms with Crippen LogP contribution < -0.4 is 25.2 Å². The molecule has 0 spiro atoms. The van der Waals surface area contributed by atoms with Crippen LogP contribution in [-0.4, -0.2) is 121 Å². The maximum Gasteiger partial charge on any atom is 0.262 e. The molecule has 4 aliphatic rings. The third kappa shape index (κ3) is 8.50. The summed E-state index contributed by atoms with van der Waals surface area (Å²) >= 11 is 6.40. The Morgan fingerprint density at radius 1 is 0.900 bits per heavy atom. The molecule has 5 heterocycles. The zero-order chi connectivity index (χ0) is 42.3. The van der Waals surface area contributed by atoms with Gasteiger partial charge in [0.15, 0.2) is 5.82 Å². The van der Waals surface area contributed by atoms with Gasteiger partial charge in [-0.25, -0.2) is 17.8 Å². The summed E-state index contributed by atoms with van der Waals surface area (Å²) in [5, 5.41) is 8.57. The van der Waals surface area contributed by atoms with E-state index in [9.17, 15) is 27.6 Å². The lowest BCUT2D eigenvalue weighted by atomic mass is 10.0. The summed E-state index contributed by atoms with van der Waals surface area (Å²) in [5.41, 5.74) is 3.30. The number of amides is 4. The molecule has 0 saturated carbocycles. The summed E-state index contributed by atoms with van der Waals surface area (Å²) < 4.78 is 41.2. The van der Waals surface area contributed by atoms with E-state index in [0.717, 1.165) is 60.0 Å². The molecule has 3 saturated heterocycles. The molecule has 1 unspecified atom stereocenters. The number of halogens is 2. The van der Waals surface area contributed by atoms with Gasteiger partial charge >= 0.3 is 0 Å². The first-order chi connectivity index (χ1) is 28.7. The molecule has 4 amide bonds. The van der Waals surface area contributed by atoms with Crippen LogP contribution in [0.1, 0.15) is 52.0 Å². The number of imide groups is 2. The molecule has 314 valence electrons. The SMILES string of the molecule is CN(c1ccccc1Nc1nc(Nc2ccc(N3CCC(N4CCN(Cc5ccc6c(c5)C(=O)N(C5CCC(=O)NC5=O)C6=O)CC4)CC3)c(F)c2)ncc1Cl)S(C)(=O)=O. The molecule has 4 aliphatic heterocycles. The number of hydrogen-bond donors (Lipinski definition) is 3. The molecule has 60 heavy (non-hydrogen) atoms. The number of aromatic nitrogens is 2. The molecule has 0 aliphatic carbocycles. The van der Waals surface area contributed by atoms with Crippen molar-refractivity contribution in [2.75, 3.05) is 72.4 Å². The van der Waals surface area contributed by atoms with Gasteiger partial charge in [0, 0.05) is 71.0 Å². The number of benzene rings is 3. The first kappa shape index (κ1) is 41.1. The number of hydrogen-bond acceptors (Lipinski definition) is 13. The minimum atomic E-state index is -3.53. The molecule has 3 fully saturated rings. The fourth-order valence-corrected chi connectivity index (χ4v) is 8.93. The standard InChI is InChI=1S/C41H44ClFN10O6S/c1-49(60(2,58)59)34-6-4-3-5-32(34)46-37-30(42)23-44-41(48-37)45-26-8-10-33(31(43)22-26)52-15-13-27(14-16-52)51-19-17-50(18-20-51)24-25-7-9-28-29(21-25)40(57)53(39(28)56)35-11-12-36(54)47-38(35)55/h3-10,21-23,27,35H,11-20,24H2,1-2H3,(H,47,54,55)(H2,44,45,46,48). The van der Waals surface area contributed by atoms with Gasteiger partial charge in [-0.1, -0.05) is 29.8 Å². The van der Waals surface area contributed by atoms with E-state index in [-0.39, 0.29) is 46.6 Å². The number of anilines is 6. The number of carbonyl (C=O) groups excluding carboxylic acids is 4. The number of piperidine rings is 2. The van der Waals surface area contributed by atoms with Crippen LogP contribution in [0.4, 0.5) is 38.9 Å². The quantitative estimate of drug-likeness (QED) is 0.182. The maximum atomic E-state index is 15.6. The van der Waals surface area contributed by atoms with E-state index in [2.05, 4.69) is 40.6 Å². The van der Waals surface area contributed by atoms with Crippen molar-refractivity contribution in [3.63, 3.8) is 0 Å². The molecule has 3 N–H and O–H groups in total. The first-order valence-corrected chi connectivity index (χ1v) is 21.9. The van der Waals surface area contributed by atoms with Gasteiger partial charge in [-0.05, 0) is 67.3 Å². The predicted molar refractivity (Wildman–Crippen MR) is 225 cm³/mol. The van der Waals surface area contributed by atoms with Gasteiger partial charge in [0.05, 0.1) is 40.6 Å². The maximum absolute atomic E-state index is 15.6. The van der Waals surface area contributed by atoms with Crippen molar-refractivity contribution in [1.82, 2.24) is 30.0 Å². The molecule has 16 nitrogen and oxygen atoms in total. The summed E-state index contributed by atoms with van der Waals surface area (Å²) in [7, 11) is -2.08. The van der Waals surface area contributed by atoms with Crippen molar-refractivity contribution in [2.24, 2.45) is 0 Å². The van der Waals surface area contributed by atoms with Crippen LogP contribution in [0.15, 0.2) is 66.9 Å². The average Bonchev–Trinajstić information content (AvgIpc) is 3.47. The topological polar surface area (TPSA) is 180 Å². The van der Waals surface area contributed by atoms with E-state index in [4.69, 9.17) is 11.6 Å². The number of rotatable bonds is 11.